The monoisotopic (exact) mass is 525 g/mol. The number of rotatable bonds is 7. The maximum absolute atomic E-state index is 14.7. The number of methoxy groups -OCH3 is 1. The number of hydrogen-bond donors (Lipinski definition) is 2. The summed E-state index contributed by atoms with van der Waals surface area (Å²) < 4.78 is 45.4. The van der Waals surface area contributed by atoms with Crippen LogP contribution in [0.1, 0.15) is 24.6 Å². The number of benzene rings is 1. The van der Waals surface area contributed by atoms with Gasteiger partial charge in [0.05, 0.1) is 35.8 Å². The molecule has 3 aromatic rings. The zero-order valence-electron chi connectivity index (χ0n) is 21.5. The average Bonchev–Trinajstić information content (AvgIpc) is 3.21. The van der Waals surface area contributed by atoms with Crippen molar-refractivity contribution in [1.29, 1.82) is 0 Å². The third-order valence-corrected chi connectivity index (χ3v) is 7.39. The van der Waals surface area contributed by atoms with E-state index in [0.29, 0.717) is 36.6 Å². The molecule has 2 N–H and O–H groups in total. The van der Waals surface area contributed by atoms with Gasteiger partial charge in [-0.15, -0.1) is 0 Å². The number of nitrogens with zero attached hydrogens (tertiary/aromatic N) is 3. The molecule has 1 aliphatic rings. The van der Waals surface area contributed by atoms with Gasteiger partial charge < -0.3 is 20.3 Å². The fourth-order valence-corrected chi connectivity index (χ4v) is 4.98. The second-order valence-corrected chi connectivity index (χ2v) is 11.1. The van der Waals surface area contributed by atoms with E-state index in [4.69, 9.17) is 9.84 Å². The fraction of sp³-hybridized carbons (Fsp3) is 0.370. The predicted molar refractivity (Wildman–Crippen MR) is 146 cm³/mol. The molecule has 37 heavy (non-hydrogen) atoms. The molecule has 1 saturated heterocycles. The summed E-state index contributed by atoms with van der Waals surface area (Å²) in [6.07, 6.45) is 4.80. The molecular weight excluding hydrogens is 493 g/mol. The van der Waals surface area contributed by atoms with E-state index >= 15 is 0 Å². The summed E-state index contributed by atoms with van der Waals surface area (Å²) in [5.41, 5.74) is 3.00. The molecule has 0 amide bonds. The molecule has 0 bridgehead atoms. The smallest absolute Gasteiger partial charge is 0.175 e. The molecule has 2 atom stereocenters. The van der Waals surface area contributed by atoms with E-state index in [0.717, 1.165) is 29.7 Å². The third kappa shape index (κ3) is 6.06. The molecule has 0 aliphatic carbocycles. The molecule has 196 valence electrons. The fourth-order valence-electron chi connectivity index (χ4n) is 4.35. The number of alkyl halides is 1. The highest BCUT2D eigenvalue weighted by Crippen LogP contribution is 2.27. The minimum absolute atomic E-state index is 0.186. The number of nitrogens with one attached hydrogen (secondary N) is 2. The van der Waals surface area contributed by atoms with Crippen molar-refractivity contribution in [1.82, 2.24) is 14.5 Å². The van der Waals surface area contributed by atoms with E-state index in [-0.39, 0.29) is 10.9 Å². The summed E-state index contributed by atoms with van der Waals surface area (Å²) in [6.45, 7) is 3.47. The zero-order valence-corrected chi connectivity index (χ0v) is 22.3. The standard InChI is InChI=1S/C27H32FN5O3S/c1-5-8-20-22(9-7-15-29-24-13-12-19(37(4,34)35)17-26(24)36-3)31-33-25(20)10-6-11-27(33)30-23-14-16-32(2)18-21(23)28/h5-6,8,10-13,17,21,23,29-30H,14-16,18H2,1-4H3/b8-5-/t21-,23+/m0/s1. The lowest BCUT2D eigenvalue weighted by Crippen LogP contribution is -2.46. The molecule has 4 rings (SSSR count). The number of halogens is 1. The molecule has 2 aromatic heterocycles. The first-order valence-electron chi connectivity index (χ1n) is 12.1. The van der Waals surface area contributed by atoms with Crippen molar-refractivity contribution in [2.75, 3.05) is 50.7 Å². The number of pyridine rings is 1. The summed E-state index contributed by atoms with van der Waals surface area (Å²) in [5, 5.41) is 11.3. The van der Waals surface area contributed by atoms with Crippen LogP contribution in [0.3, 0.4) is 0 Å². The van der Waals surface area contributed by atoms with Crippen LogP contribution in [0.15, 0.2) is 47.4 Å². The van der Waals surface area contributed by atoms with Gasteiger partial charge in [0.25, 0.3) is 0 Å². The first-order valence-corrected chi connectivity index (χ1v) is 13.9. The van der Waals surface area contributed by atoms with Crippen LogP contribution in [0.5, 0.6) is 5.75 Å². The van der Waals surface area contributed by atoms with Gasteiger partial charge in [0.15, 0.2) is 9.84 Å². The van der Waals surface area contributed by atoms with Crippen LogP contribution < -0.4 is 15.4 Å². The summed E-state index contributed by atoms with van der Waals surface area (Å²) in [6, 6.07) is 10.2. The quantitative estimate of drug-likeness (QED) is 0.455. The van der Waals surface area contributed by atoms with Gasteiger partial charge in [-0.25, -0.2) is 17.3 Å². The number of ether oxygens (including phenoxy) is 1. The molecule has 0 radical (unpaired) electrons. The Morgan fingerprint density at radius 1 is 1.30 bits per heavy atom. The van der Waals surface area contributed by atoms with Crippen LogP contribution in [0.4, 0.5) is 15.9 Å². The number of piperidine rings is 1. The molecule has 1 aromatic carbocycles. The summed E-state index contributed by atoms with van der Waals surface area (Å²) in [4.78, 5) is 2.18. The number of aromatic nitrogens is 2. The van der Waals surface area contributed by atoms with E-state index < -0.39 is 16.0 Å². The van der Waals surface area contributed by atoms with E-state index in [9.17, 15) is 12.8 Å². The van der Waals surface area contributed by atoms with Gasteiger partial charge in [-0.3, -0.25) is 0 Å². The highest BCUT2D eigenvalue weighted by Gasteiger charge is 2.28. The molecule has 10 heteroatoms. The van der Waals surface area contributed by atoms with Gasteiger partial charge in [0.1, 0.15) is 23.4 Å². The summed E-state index contributed by atoms with van der Waals surface area (Å²) in [5.74, 6) is 7.37. The van der Waals surface area contributed by atoms with Crippen LogP contribution in [-0.2, 0) is 9.84 Å². The van der Waals surface area contributed by atoms with Crippen molar-refractivity contribution < 1.29 is 17.5 Å². The van der Waals surface area contributed by atoms with Crippen molar-refractivity contribution in [2.24, 2.45) is 0 Å². The van der Waals surface area contributed by atoms with Crippen LogP contribution >= 0.6 is 0 Å². The SMILES string of the molecule is C/C=C\c1c(C#CCNc2ccc(S(C)(=O)=O)cc2OC)nn2c(N[C@@H]3CCN(C)C[C@@H]3F)cccc12. The van der Waals surface area contributed by atoms with E-state index in [1.54, 1.807) is 10.6 Å². The van der Waals surface area contributed by atoms with E-state index in [1.807, 2.05) is 49.2 Å². The zero-order chi connectivity index (χ0) is 26.6. The van der Waals surface area contributed by atoms with Crippen molar-refractivity contribution >= 4 is 32.9 Å². The number of hydrogen-bond acceptors (Lipinski definition) is 7. The van der Waals surface area contributed by atoms with Crippen molar-refractivity contribution in [3.8, 4) is 17.6 Å². The van der Waals surface area contributed by atoms with Gasteiger partial charge >= 0.3 is 0 Å². The second kappa shape index (κ2) is 11.2. The Hall–Kier alpha value is -3.55. The molecular formula is C27H32FN5O3S. The number of anilines is 2. The second-order valence-electron chi connectivity index (χ2n) is 9.08. The lowest BCUT2D eigenvalue weighted by Gasteiger charge is -2.33. The Kier molecular flexibility index (Phi) is 8.05. The largest absolute Gasteiger partial charge is 0.495 e. The van der Waals surface area contributed by atoms with Gasteiger partial charge in [-0.05, 0) is 50.6 Å². The van der Waals surface area contributed by atoms with Gasteiger partial charge in [-0.2, -0.15) is 5.10 Å². The van der Waals surface area contributed by atoms with Crippen molar-refractivity contribution in [3.05, 3.63) is 53.7 Å². The summed E-state index contributed by atoms with van der Waals surface area (Å²) >= 11 is 0. The topological polar surface area (TPSA) is 88.0 Å². The Balaban J connectivity index is 1.57. The normalized spacial score (nSPS) is 18.5. The Morgan fingerprint density at radius 3 is 2.81 bits per heavy atom. The van der Waals surface area contributed by atoms with Crippen molar-refractivity contribution in [3.63, 3.8) is 0 Å². The maximum atomic E-state index is 14.7. The molecule has 3 heterocycles. The molecule has 8 nitrogen and oxygen atoms in total. The van der Waals surface area contributed by atoms with Crippen LogP contribution in [0.25, 0.3) is 11.6 Å². The molecule has 1 fully saturated rings. The Morgan fingerprint density at radius 2 is 2.11 bits per heavy atom. The Bertz CT molecular complexity index is 1470. The number of likely N-dealkylation sites (tertiary alicyclic amines) is 1. The van der Waals surface area contributed by atoms with Crippen LogP contribution in [-0.4, -0.2) is 75.2 Å². The first-order chi connectivity index (χ1) is 17.7. The number of fused-ring (bicyclic) bond motifs is 1. The average molecular weight is 526 g/mol. The lowest BCUT2D eigenvalue weighted by atomic mass is 10.0. The molecule has 0 unspecified atom stereocenters. The Labute approximate surface area is 217 Å². The molecule has 1 aliphatic heterocycles. The molecule has 0 saturated carbocycles. The summed E-state index contributed by atoms with van der Waals surface area (Å²) in [7, 11) is 0.0822. The first kappa shape index (κ1) is 26.5. The van der Waals surface area contributed by atoms with Gasteiger partial charge in [0.2, 0.25) is 0 Å². The minimum atomic E-state index is -3.34. The maximum Gasteiger partial charge on any atom is 0.175 e. The van der Waals surface area contributed by atoms with Gasteiger partial charge in [0, 0.05) is 31.0 Å². The minimum Gasteiger partial charge on any atom is -0.495 e. The third-order valence-electron chi connectivity index (χ3n) is 6.28. The van der Waals surface area contributed by atoms with Gasteiger partial charge in [-0.1, -0.05) is 24.1 Å². The van der Waals surface area contributed by atoms with Crippen LogP contribution in [0.2, 0.25) is 0 Å². The highest BCUT2D eigenvalue weighted by atomic mass is 32.2. The van der Waals surface area contributed by atoms with Crippen molar-refractivity contribution in [2.45, 2.75) is 30.5 Å². The number of allylic oxidation sites excluding steroid dienone is 1. The lowest BCUT2D eigenvalue weighted by molar-refractivity contribution is 0.149. The van der Waals surface area contributed by atoms with E-state index in [1.165, 1.54) is 19.2 Å². The number of sulfone groups is 1. The molecule has 0 spiro atoms. The van der Waals surface area contributed by atoms with Crippen LogP contribution in [0, 0.1) is 11.8 Å². The highest BCUT2D eigenvalue weighted by molar-refractivity contribution is 7.90. The predicted octanol–water partition coefficient (Wildman–Crippen LogP) is 3.70. The van der Waals surface area contributed by atoms with E-state index in [2.05, 4.69) is 22.5 Å².